The van der Waals surface area contributed by atoms with Crippen molar-refractivity contribution >= 4 is 0 Å². The molecule has 0 bridgehead atoms. The van der Waals surface area contributed by atoms with Gasteiger partial charge in [-0.15, -0.1) is 0 Å². The van der Waals surface area contributed by atoms with Crippen molar-refractivity contribution in [3.63, 3.8) is 0 Å². The molecule has 0 N–H and O–H groups in total. The van der Waals surface area contributed by atoms with E-state index in [2.05, 4.69) is 6.58 Å². The first kappa shape index (κ1) is 13.4. The molecule has 0 radical (unpaired) electrons. The number of nitrogens with zero attached hydrogens (tertiary/aromatic N) is 1. The summed E-state index contributed by atoms with van der Waals surface area (Å²) in [6.45, 7) is 3.90. The van der Waals surface area contributed by atoms with Gasteiger partial charge in [-0.05, 0) is 6.08 Å². The van der Waals surface area contributed by atoms with Gasteiger partial charge in [0.1, 0.15) is 0 Å². The van der Waals surface area contributed by atoms with Crippen LogP contribution in [0.15, 0.2) is 12.7 Å². The Morgan fingerprint density at radius 2 is 1.86 bits per heavy atom. The van der Waals surface area contributed by atoms with Crippen LogP contribution in [0.25, 0.3) is 0 Å². The minimum atomic E-state index is -3.47. The monoisotopic (exact) mass is 215 g/mol. The number of rotatable bonds is 3. The van der Waals surface area contributed by atoms with E-state index in [1.165, 1.54) is 0 Å². The molecule has 1 aliphatic heterocycles. The largest absolute Gasteiger partial charge is 0.379 e. The van der Waals surface area contributed by atoms with E-state index in [0.29, 0.717) is 19.3 Å². The average Bonchev–Trinajstić information content (AvgIpc) is 2.18. The third kappa shape index (κ3) is 2.95. The highest BCUT2D eigenvalue weighted by Gasteiger charge is 2.41. The number of morpholine rings is 1. The Kier molecular flexibility index (Phi) is 5.07. The van der Waals surface area contributed by atoms with Crippen LogP contribution in [0.1, 0.15) is 0 Å². The number of alkyl halides is 3. The number of halogens is 4. The van der Waals surface area contributed by atoms with E-state index in [1.54, 1.807) is 0 Å². The molecule has 0 aromatic heterocycles. The van der Waals surface area contributed by atoms with E-state index in [4.69, 9.17) is 4.74 Å². The molecule has 1 rings (SSSR count). The lowest BCUT2D eigenvalue weighted by molar-refractivity contribution is -0.126. The van der Waals surface area contributed by atoms with Gasteiger partial charge in [0.2, 0.25) is 6.30 Å². The van der Waals surface area contributed by atoms with Gasteiger partial charge in [0, 0.05) is 13.1 Å². The van der Waals surface area contributed by atoms with Gasteiger partial charge in [-0.2, -0.15) is 8.78 Å². The summed E-state index contributed by atoms with van der Waals surface area (Å²) in [5.41, 5.74) is 0. The maximum atomic E-state index is 13.1. The molecule has 84 valence electrons. The van der Waals surface area contributed by atoms with Crippen molar-refractivity contribution in [2.45, 2.75) is 12.2 Å². The second-order valence-electron chi connectivity index (χ2n) is 2.86. The van der Waals surface area contributed by atoms with Gasteiger partial charge in [0.25, 0.3) is 0 Å². The summed E-state index contributed by atoms with van der Waals surface area (Å²) < 4.78 is 43.5. The van der Waals surface area contributed by atoms with Crippen LogP contribution in [-0.4, -0.2) is 43.4 Å². The van der Waals surface area contributed by atoms with Crippen molar-refractivity contribution < 1.29 is 22.6 Å². The molecule has 0 amide bonds. The quantitative estimate of drug-likeness (QED) is 0.402. The van der Waals surface area contributed by atoms with Crippen LogP contribution in [0, 0.1) is 0 Å². The van der Waals surface area contributed by atoms with Crippen LogP contribution in [0.5, 0.6) is 0 Å². The molecule has 14 heavy (non-hydrogen) atoms. The van der Waals surface area contributed by atoms with Gasteiger partial charge in [-0.25, -0.2) is 4.39 Å². The molecule has 1 saturated heterocycles. The molecule has 6 heteroatoms. The summed E-state index contributed by atoms with van der Waals surface area (Å²) in [6, 6.07) is 0. The first-order chi connectivity index (χ1) is 6.08. The summed E-state index contributed by atoms with van der Waals surface area (Å²) in [7, 11) is 0. The molecule has 0 aromatic carbocycles. The normalized spacial score (nSPS) is 21.1. The van der Waals surface area contributed by atoms with Crippen LogP contribution >= 0.6 is 0 Å². The molecule has 1 heterocycles. The maximum absolute atomic E-state index is 13.1. The Bertz CT molecular complexity index is 182. The third-order valence-electron chi connectivity index (χ3n) is 1.96. The molecular weight excluding hydrogens is 202 g/mol. The summed E-state index contributed by atoms with van der Waals surface area (Å²) in [5, 5.41) is 0. The fourth-order valence-corrected chi connectivity index (χ4v) is 1.14. The summed E-state index contributed by atoms with van der Waals surface area (Å²) in [6.07, 6.45) is -1.94. The standard InChI is InChI=1S/C8H12F3NO.FH/c1-2-8(10,11)7(9)12-3-5-13-6-4-12;/h2,7H,1,3-6H2;1H. The second kappa shape index (κ2) is 5.31. The lowest BCUT2D eigenvalue weighted by atomic mass is 10.2. The average molecular weight is 215 g/mol. The van der Waals surface area contributed by atoms with Gasteiger partial charge in [0.15, 0.2) is 0 Å². The minimum absolute atomic E-state index is 0. The highest BCUT2D eigenvalue weighted by atomic mass is 19.3. The minimum Gasteiger partial charge on any atom is -0.379 e. The number of hydrogen-bond acceptors (Lipinski definition) is 2. The van der Waals surface area contributed by atoms with E-state index in [0.717, 1.165) is 4.90 Å². The maximum Gasteiger partial charge on any atom is 0.310 e. The van der Waals surface area contributed by atoms with Gasteiger partial charge >= 0.3 is 5.92 Å². The lowest BCUT2D eigenvalue weighted by Gasteiger charge is -2.32. The van der Waals surface area contributed by atoms with Crippen LogP contribution < -0.4 is 0 Å². The molecule has 2 nitrogen and oxygen atoms in total. The zero-order valence-electron chi connectivity index (χ0n) is 7.59. The lowest BCUT2D eigenvalue weighted by Crippen LogP contribution is -2.49. The van der Waals surface area contributed by atoms with Gasteiger partial charge in [-0.1, -0.05) is 6.58 Å². The molecule has 1 aliphatic rings. The topological polar surface area (TPSA) is 12.5 Å². The summed E-state index contributed by atoms with van der Waals surface area (Å²) >= 11 is 0. The van der Waals surface area contributed by atoms with Gasteiger partial charge in [-0.3, -0.25) is 9.60 Å². The highest BCUT2D eigenvalue weighted by Crippen LogP contribution is 2.25. The Hall–Kier alpha value is -0.620. The molecule has 1 atom stereocenters. The zero-order valence-corrected chi connectivity index (χ0v) is 7.59. The Morgan fingerprint density at radius 3 is 2.29 bits per heavy atom. The molecule has 1 fully saturated rings. The smallest absolute Gasteiger partial charge is 0.310 e. The van der Waals surface area contributed by atoms with E-state index in [1.807, 2.05) is 0 Å². The predicted molar refractivity (Wildman–Crippen MR) is 44.9 cm³/mol. The highest BCUT2D eigenvalue weighted by molar-refractivity contribution is 4.93. The Morgan fingerprint density at radius 1 is 1.36 bits per heavy atom. The molecule has 0 aliphatic carbocycles. The van der Waals surface area contributed by atoms with E-state index in [-0.39, 0.29) is 17.8 Å². The van der Waals surface area contributed by atoms with Gasteiger partial charge < -0.3 is 4.74 Å². The summed E-state index contributed by atoms with van der Waals surface area (Å²) in [5.74, 6) is -3.47. The van der Waals surface area contributed by atoms with Crippen molar-refractivity contribution in [3.05, 3.63) is 12.7 Å². The first-order valence-corrected chi connectivity index (χ1v) is 4.05. The fourth-order valence-electron chi connectivity index (χ4n) is 1.14. The molecule has 0 spiro atoms. The van der Waals surface area contributed by atoms with Crippen LogP contribution in [-0.2, 0) is 4.74 Å². The van der Waals surface area contributed by atoms with Crippen LogP contribution in [0.4, 0.5) is 17.9 Å². The second-order valence-corrected chi connectivity index (χ2v) is 2.86. The molecular formula is C8H13F4NO. The molecule has 0 aromatic rings. The first-order valence-electron chi connectivity index (χ1n) is 4.05. The van der Waals surface area contributed by atoms with Crippen LogP contribution in [0.3, 0.4) is 0 Å². The summed E-state index contributed by atoms with van der Waals surface area (Å²) in [4.78, 5) is 1.06. The Labute approximate surface area is 79.7 Å². The Balaban J connectivity index is 0.00000169. The molecule has 1 unspecified atom stereocenters. The van der Waals surface area contributed by atoms with Crippen molar-refractivity contribution in [2.75, 3.05) is 26.3 Å². The zero-order chi connectivity index (χ0) is 9.90. The number of hydrogen-bond donors (Lipinski definition) is 0. The molecule has 0 saturated carbocycles. The van der Waals surface area contributed by atoms with Crippen molar-refractivity contribution in [1.82, 2.24) is 4.90 Å². The van der Waals surface area contributed by atoms with E-state index < -0.39 is 12.2 Å². The third-order valence-corrected chi connectivity index (χ3v) is 1.96. The SMILES string of the molecule is C=CC(F)(F)C(F)N1CCOCC1.F. The van der Waals surface area contributed by atoms with Crippen molar-refractivity contribution in [1.29, 1.82) is 0 Å². The fraction of sp³-hybridized carbons (Fsp3) is 0.750. The van der Waals surface area contributed by atoms with Crippen molar-refractivity contribution in [3.8, 4) is 0 Å². The van der Waals surface area contributed by atoms with E-state index in [9.17, 15) is 13.2 Å². The van der Waals surface area contributed by atoms with Gasteiger partial charge in [0.05, 0.1) is 13.2 Å². The van der Waals surface area contributed by atoms with E-state index >= 15 is 0 Å². The van der Waals surface area contributed by atoms with Crippen molar-refractivity contribution in [2.24, 2.45) is 0 Å². The predicted octanol–water partition coefficient (Wildman–Crippen LogP) is 1.59. The van der Waals surface area contributed by atoms with Crippen LogP contribution in [0.2, 0.25) is 0 Å². The number of ether oxygens (including phenoxy) is 1.